The number of carbonyl (C=O) groups is 1. The monoisotopic (exact) mass is 398 g/mol. The Hall–Kier alpha value is -2.16. The van der Waals surface area contributed by atoms with Gasteiger partial charge in [-0.15, -0.1) is 0 Å². The Morgan fingerprint density at radius 1 is 1.32 bits per heavy atom. The van der Waals surface area contributed by atoms with Crippen LogP contribution in [0, 0.1) is 10.8 Å². The number of amides is 1. The molecule has 0 unspecified atom stereocenters. The van der Waals surface area contributed by atoms with E-state index in [2.05, 4.69) is 4.98 Å². The first-order chi connectivity index (χ1) is 13.2. The lowest BCUT2D eigenvalue weighted by Crippen LogP contribution is -2.54. The summed E-state index contributed by atoms with van der Waals surface area (Å²) < 4.78 is 44.3. The molecule has 1 amide bonds. The Kier molecular flexibility index (Phi) is 5.92. The fraction of sp³-hybridized carbons (Fsp3) is 0.632. The van der Waals surface area contributed by atoms with Gasteiger partial charge in [-0.1, -0.05) is 0 Å². The first-order valence-corrected chi connectivity index (χ1v) is 9.47. The summed E-state index contributed by atoms with van der Waals surface area (Å²) in [6.07, 6.45) is -1.61. The first kappa shape index (κ1) is 20.6. The molecule has 1 N–H and O–H groups in total. The quantitative estimate of drug-likeness (QED) is 0.828. The highest BCUT2D eigenvalue weighted by Crippen LogP contribution is 2.39. The Morgan fingerprint density at radius 2 is 2.04 bits per heavy atom. The van der Waals surface area contributed by atoms with Gasteiger partial charge in [0.1, 0.15) is 5.82 Å². The summed E-state index contributed by atoms with van der Waals surface area (Å²) in [5.74, 6) is 0.258. The number of nitrogens with zero attached hydrogens (tertiary/aromatic N) is 3. The van der Waals surface area contributed by atoms with Crippen LogP contribution in [0.15, 0.2) is 18.3 Å². The zero-order chi connectivity index (χ0) is 20.4. The number of aromatic nitrogens is 1. The number of ether oxygens (including phenoxy) is 1. The van der Waals surface area contributed by atoms with Crippen molar-refractivity contribution in [3.05, 3.63) is 23.9 Å². The highest BCUT2D eigenvalue weighted by atomic mass is 19.4. The molecule has 1 aromatic heterocycles. The molecular formula is C19H25F3N4O2. The van der Waals surface area contributed by atoms with E-state index in [1.807, 2.05) is 6.92 Å². The Bertz CT molecular complexity index is 732. The van der Waals surface area contributed by atoms with E-state index in [0.717, 1.165) is 18.3 Å². The summed E-state index contributed by atoms with van der Waals surface area (Å²) in [6.45, 7) is 4.36. The molecule has 0 spiro atoms. The fourth-order valence-corrected chi connectivity index (χ4v) is 3.88. The third-order valence-corrected chi connectivity index (χ3v) is 5.46. The summed E-state index contributed by atoms with van der Waals surface area (Å²) in [6, 6.07) is 2.00. The number of hydrogen-bond donors (Lipinski definition) is 1. The molecule has 1 saturated carbocycles. The molecule has 2 heterocycles. The topological polar surface area (TPSA) is 69.5 Å². The number of alkyl halides is 3. The minimum absolute atomic E-state index is 0.0140. The standard InChI is InChI=1S/C19H25F3N4O2/c1-2-28-13-18(5-3-15(23)12-18)17(27)26-9-7-25(8-10-26)16-11-14(4-6-24-16)19(20,21)22/h4,6,11,23H,2-3,5,7-10,12-13H2,1H3/t18-/m0/s1. The van der Waals surface area contributed by atoms with Crippen LogP contribution in [0.25, 0.3) is 0 Å². The van der Waals surface area contributed by atoms with Gasteiger partial charge in [0.2, 0.25) is 5.91 Å². The maximum absolute atomic E-state index is 13.2. The molecule has 154 valence electrons. The van der Waals surface area contributed by atoms with Gasteiger partial charge in [0.15, 0.2) is 0 Å². The Morgan fingerprint density at radius 3 is 2.61 bits per heavy atom. The van der Waals surface area contributed by atoms with Crippen LogP contribution in [0.2, 0.25) is 0 Å². The van der Waals surface area contributed by atoms with Crippen molar-refractivity contribution >= 4 is 17.4 Å². The van der Waals surface area contributed by atoms with Crippen LogP contribution in [0.3, 0.4) is 0 Å². The Labute approximate surface area is 162 Å². The summed E-state index contributed by atoms with van der Waals surface area (Å²) in [5.41, 5.74) is -0.833. The van der Waals surface area contributed by atoms with E-state index in [0.29, 0.717) is 64.4 Å². The number of anilines is 1. The smallest absolute Gasteiger partial charge is 0.381 e. The molecule has 9 heteroatoms. The molecule has 1 aliphatic carbocycles. The highest BCUT2D eigenvalue weighted by Gasteiger charge is 2.46. The van der Waals surface area contributed by atoms with E-state index in [1.165, 1.54) is 0 Å². The second-order valence-corrected chi connectivity index (χ2v) is 7.38. The second-order valence-electron chi connectivity index (χ2n) is 7.38. The van der Waals surface area contributed by atoms with Crippen molar-refractivity contribution in [1.29, 1.82) is 5.41 Å². The summed E-state index contributed by atoms with van der Waals surface area (Å²) in [4.78, 5) is 20.8. The maximum Gasteiger partial charge on any atom is 0.416 e. The molecule has 2 aliphatic rings. The van der Waals surface area contributed by atoms with Gasteiger partial charge in [-0.2, -0.15) is 13.2 Å². The van der Waals surface area contributed by atoms with Gasteiger partial charge in [0.25, 0.3) is 0 Å². The highest BCUT2D eigenvalue weighted by molar-refractivity contribution is 5.94. The molecule has 3 rings (SSSR count). The summed E-state index contributed by atoms with van der Waals surface area (Å²) in [7, 11) is 0. The first-order valence-electron chi connectivity index (χ1n) is 9.47. The van der Waals surface area contributed by atoms with Crippen LogP contribution < -0.4 is 4.90 Å². The average Bonchev–Trinajstić information content (AvgIpc) is 3.07. The van der Waals surface area contributed by atoms with Crippen molar-refractivity contribution < 1.29 is 22.7 Å². The molecule has 1 atom stereocenters. The molecule has 2 fully saturated rings. The molecule has 1 saturated heterocycles. The van der Waals surface area contributed by atoms with Gasteiger partial charge in [0, 0.05) is 51.1 Å². The number of pyridine rings is 1. The van der Waals surface area contributed by atoms with Crippen LogP contribution in [-0.4, -0.2) is 60.9 Å². The van der Waals surface area contributed by atoms with Crippen LogP contribution >= 0.6 is 0 Å². The number of rotatable bonds is 5. The van der Waals surface area contributed by atoms with E-state index >= 15 is 0 Å². The lowest BCUT2D eigenvalue weighted by molar-refractivity contribution is -0.145. The van der Waals surface area contributed by atoms with Crippen molar-refractivity contribution in [2.75, 3.05) is 44.3 Å². The third-order valence-electron chi connectivity index (χ3n) is 5.46. The van der Waals surface area contributed by atoms with Crippen LogP contribution in [0.5, 0.6) is 0 Å². The Balaban J connectivity index is 1.66. The van der Waals surface area contributed by atoms with Crippen molar-refractivity contribution in [3.8, 4) is 0 Å². The van der Waals surface area contributed by atoms with Crippen molar-refractivity contribution in [3.63, 3.8) is 0 Å². The van der Waals surface area contributed by atoms with E-state index in [-0.39, 0.29) is 11.7 Å². The van der Waals surface area contributed by atoms with E-state index < -0.39 is 17.2 Å². The van der Waals surface area contributed by atoms with Crippen molar-refractivity contribution in [2.24, 2.45) is 5.41 Å². The van der Waals surface area contributed by atoms with Crippen LogP contribution in [0.1, 0.15) is 31.7 Å². The minimum atomic E-state index is -4.41. The number of carbonyl (C=O) groups excluding carboxylic acids is 1. The third kappa shape index (κ3) is 4.29. The van der Waals surface area contributed by atoms with Crippen molar-refractivity contribution in [2.45, 2.75) is 32.4 Å². The molecule has 1 aliphatic heterocycles. The molecule has 6 nitrogen and oxygen atoms in total. The van der Waals surface area contributed by atoms with E-state index in [9.17, 15) is 18.0 Å². The predicted octanol–water partition coefficient (Wildman–Crippen LogP) is 2.98. The predicted molar refractivity (Wildman–Crippen MR) is 98.5 cm³/mol. The second kappa shape index (κ2) is 8.06. The molecule has 0 radical (unpaired) electrons. The van der Waals surface area contributed by atoms with E-state index in [1.54, 1.807) is 9.80 Å². The van der Waals surface area contributed by atoms with Gasteiger partial charge in [-0.25, -0.2) is 4.98 Å². The molecule has 0 aromatic carbocycles. The lowest BCUT2D eigenvalue weighted by atomic mass is 9.85. The number of nitrogens with one attached hydrogen (secondary N) is 1. The average molecular weight is 398 g/mol. The minimum Gasteiger partial charge on any atom is -0.381 e. The maximum atomic E-state index is 13.2. The number of hydrogen-bond acceptors (Lipinski definition) is 5. The van der Waals surface area contributed by atoms with Gasteiger partial charge in [0.05, 0.1) is 17.6 Å². The summed E-state index contributed by atoms with van der Waals surface area (Å²) in [5, 5.41) is 7.93. The molecule has 28 heavy (non-hydrogen) atoms. The van der Waals surface area contributed by atoms with Gasteiger partial charge in [-0.3, -0.25) is 4.79 Å². The molecule has 0 bridgehead atoms. The SMILES string of the molecule is CCOC[C@]1(C(=O)N2CCN(c3cc(C(F)(F)F)ccn3)CC2)CCC(=N)C1. The number of piperazine rings is 1. The van der Waals surface area contributed by atoms with Gasteiger partial charge >= 0.3 is 6.18 Å². The summed E-state index contributed by atoms with van der Waals surface area (Å²) >= 11 is 0. The zero-order valence-electron chi connectivity index (χ0n) is 15.9. The molecule has 1 aromatic rings. The van der Waals surface area contributed by atoms with Gasteiger partial charge < -0.3 is 19.9 Å². The normalized spacial score (nSPS) is 23.4. The zero-order valence-corrected chi connectivity index (χ0v) is 15.9. The van der Waals surface area contributed by atoms with Crippen molar-refractivity contribution in [1.82, 2.24) is 9.88 Å². The lowest BCUT2D eigenvalue weighted by Gasteiger charge is -2.40. The molecular weight excluding hydrogens is 373 g/mol. The van der Waals surface area contributed by atoms with Crippen LogP contribution in [0.4, 0.5) is 19.0 Å². The number of halogens is 3. The van der Waals surface area contributed by atoms with Crippen LogP contribution in [-0.2, 0) is 15.7 Å². The van der Waals surface area contributed by atoms with E-state index in [4.69, 9.17) is 10.1 Å². The van der Waals surface area contributed by atoms with Gasteiger partial charge in [-0.05, 0) is 31.9 Å². The largest absolute Gasteiger partial charge is 0.416 e. The fourth-order valence-electron chi connectivity index (χ4n) is 3.88.